The molecule has 0 saturated carbocycles. The van der Waals surface area contributed by atoms with Gasteiger partial charge in [-0.3, -0.25) is 4.90 Å². The van der Waals surface area contributed by atoms with Crippen molar-refractivity contribution in [3.05, 3.63) is 0 Å². The first kappa shape index (κ1) is 9.01. The Morgan fingerprint density at radius 3 is 2.64 bits per heavy atom. The van der Waals surface area contributed by atoms with Gasteiger partial charge in [0.05, 0.1) is 6.61 Å². The second kappa shape index (κ2) is 3.11. The standard InChI is InChI=1S/C9H19NO/c1-8-5-9(2,7-11-4)10(3)6-8/h8H,5-7H2,1-4H3/t8-,9+/m1/s1. The molecular weight excluding hydrogens is 138 g/mol. The lowest BCUT2D eigenvalue weighted by Crippen LogP contribution is -2.42. The van der Waals surface area contributed by atoms with E-state index >= 15 is 0 Å². The van der Waals surface area contributed by atoms with Gasteiger partial charge in [0.1, 0.15) is 0 Å². The molecule has 1 saturated heterocycles. The Bertz CT molecular complexity index is 138. The maximum Gasteiger partial charge on any atom is 0.0643 e. The molecule has 1 aliphatic heterocycles. The van der Waals surface area contributed by atoms with Crippen molar-refractivity contribution in [1.82, 2.24) is 4.90 Å². The largest absolute Gasteiger partial charge is 0.383 e. The predicted octanol–water partition coefficient (Wildman–Crippen LogP) is 1.36. The van der Waals surface area contributed by atoms with Crippen molar-refractivity contribution in [3.63, 3.8) is 0 Å². The maximum absolute atomic E-state index is 5.21. The van der Waals surface area contributed by atoms with Crippen molar-refractivity contribution in [2.24, 2.45) is 5.92 Å². The highest BCUT2D eigenvalue weighted by molar-refractivity contribution is 4.92. The van der Waals surface area contributed by atoms with E-state index in [4.69, 9.17) is 4.74 Å². The quantitative estimate of drug-likeness (QED) is 0.600. The first-order valence-electron chi connectivity index (χ1n) is 4.28. The van der Waals surface area contributed by atoms with Crippen LogP contribution in [0, 0.1) is 5.92 Å². The van der Waals surface area contributed by atoms with Crippen LogP contribution in [0.5, 0.6) is 0 Å². The van der Waals surface area contributed by atoms with Crippen molar-refractivity contribution in [1.29, 1.82) is 0 Å². The normalized spacial score (nSPS) is 39.8. The van der Waals surface area contributed by atoms with Crippen LogP contribution in [0.1, 0.15) is 20.3 Å². The molecule has 0 aromatic rings. The van der Waals surface area contributed by atoms with Gasteiger partial charge in [0.25, 0.3) is 0 Å². The van der Waals surface area contributed by atoms with E-state index in [0.29, 0.717) is 0 Å². The molecule has 0 aliphatic carbocycles. The van der Waals surface area contributed by atoms with Crippen LogP contribution < -0.4 is 0 Å². The number of rotatable bonds is 2. The summed E-state index contributed by atoms with van der Waals surface area (Å²) in [5.74, 6) is 0.820. The molecule has 0 radical (unpaired) electrons. The maximum atomic E-state index is 5.21. The summed E-state index contributed by atoms with van der Waals surface area (Å²) < 4.78 is 5.21. The molecule has 0 aromatic carbocycles. The topological polar surface area (TPSA) is 12.5 Å². The van der Waals surface area contributed by atoms with Gasteiger partial charge >= 0.3 is 0 Å². The van der Waals surface area contributed by atoms with E-state index in [1.54, 1.807) is 7.11 Å². The lowest BCUT2D eigenvalue weighted by molar-refractivity contribution is 0.0657. The summed E-state index contributed by atoms with van der Waals surface area (Å²) in [6.07, 6.45) is 1.26. The molecule has 1 rings (SSSR count). The van der Waals surface area contributed by atoms with Crippen molar-refractivity contribution in [2.45, 2.75) is 25.8 Å². The van der Waals surface area contributed by atoms with Crippen LogP contribution in [0.15, 0.2) is 0 Å². The van der Waals surface area contributed by atoms with Gasteiger partial charge in [0.15, 0.2) is 0 Å². The zero-order valence-corrected chi connectivity index (χ0v) is 8.05. The minimum absolute atomic E-state index is 0.286. The summed E-state index contributed by atoms with van der Waals surface area (Å²) in [6, 6.07) is 0. The molecule has 0 amide bonds. The molecule has 2 atom stereocenters. The number of ether oxygens (including phenoxy) is 1. The Balaban J connectivity index is 2.55. The highest BCUT2D eigenvalue weighted by Crippen LogP contribution is 2.31. The molecule has 2 heteroatoms. The molecule has 66 valence electrons. The third-order valence-electron chi connectivity index (χ3n) is 2.75. The van der Waals surface area contributed by atoms with E-state index in [1.807, 2.05) is 0 Å². The van der Waals surface area contributed by atoms with E-state index in [1.165, 1.54) is 13.0 Å². The monoisotopic (exact) mass is 157 g/mol. The molecule has 11 heavy (non-hydrogen) atoms. The molecular formula is C9H19NO. The van der Waals surface area contributed by atoms with Crippen LogP contribution in [-0.4, -0.2) is 37.7 Å². The molecule has 0 unspecified atom stereocenters. The van der Waals surface area contributed by atoms with Gasteiger partial charge in [-0.1, -0.05) is 6.92 Å². The van der Waals surface area contributed by atoms with Crippen LogP contribution in [0.4, 0.5) is 0 Å². The van der Waals surface area contributed by atoms with E-state index in [2.05, 4.69) is 25.8 Å². The molecule has 1 heterocycles. The number of methoxy groups -OCH3 is 1. The van der Waals surface area contributed by atoms with Gasteiger partial charge in [-0.2, -0.15) is 0 Å². The number of likely N-dealkylation sites (tertiary alicyclic amines) is 1. The van der Waals surface area contributed by atoms with Gasteiger partial charge in [-0.05, 0) is 26.3 Å². The third kappa shape index (κ3) is 1.74. The number of nitrogens with zero attached hydrogens (tertiary/aromatic N) is 1. The first-order valence-corrected chi connectivity index (χ1v) is 4.28. The highest BCUT2D eigenvalue weighted by Gasteiger charge is 2.37. The molecule has 0 bridgehead atoms. The lowest BCUT2D eigenvalue weighted by Gasteiger charge is -2.31. The fourth-order valence-corrected chi connectivity index (χ4v) is 2.14. The fraction of sp³-hybridized carbons (Fsp3) is 1.00. The number of hydrogen-bond acceptors (Lipinski definition) is 2. The van der Waals surface area contributed by atoms with Crippen LogP contribution in [0.2, 0.25) is 0 Å². The first-order chi connectivity index (χ1) is 5.08. The predicted molar refractivity (Wildman–Crippen MR) is 46.7 cm³/mol. The lowest BCUT2D eigenvalue weighted by atomic mass is 9.96. The summed E-state index contributed by atoms with van der Waals surface area (Å²) in [4.78, 5) is 2.40. The molecule has 0 aromatic heterocycles. The molecule has 0 N–H and O–H groups in total. The van der Waals surface area contributed by atoms with Gasteiger partial charge in [0, 0.05) is 19.2 Å². The molecule has 2 nitrogen and oxygen atoms in total. The zero-order chi connectivity index (χ0) is 8.48. The van der Waals surface area contributed by atoms with E-state index in [0.717, 1.165) is 12.5 Å². The molecule has 1 fully saturated rings. The minimum atomic E-state index is 0.286. The van der Waals surface area contributed by atoms with Crippen molar-refractivity contribution in [2.75, 3.05) is 27.3 Å². The summed E-state index contributed by atoms with van der Waals surface area (Å²) in [7, 11) is 3.96. The van der Waals surface area contributed by atoms with Crippen LogP contribution in [-0.2, 0) is 4.74 Å². The smallest absolute Gasteiger partial charge is 0.0643 e. The van der Waals surface area contributed by atoms with Gasteiger partial charge in [-0.15, -0.1) is 0 Å². The Hall–Kier alpha value is -0.0800. The summed E-state index contributed by atoms with van der Waals surface area (Å²) in [5.41, 5.74) is 0.286. The second-order valence-electron chi connectivity index (χ2n) is 4.12. The van der Waals surface area contributed by atoms with Crippen LogP contribution >= 0.6 is 0 Å². The van der Waals surface area contributed by atoms with Gasteiger partial charge in [0.2, 0.25) is 0 Å². The molecule has 0 spiro atoms. The summed E-state index contributed by atoms with van der Waals surface area (Å²) in [5, 5.41) is 0. The van der Waals surface area contributed by atoms with E-state index in [9.17, 15) is 0 Å². The van der Waals surface area contributed by atoms with Crippen molar-refractivity contribution < 1.29 is 4.74 Å². The summed E-state index contributed by atoms with van der Waals surface area (Å²) in [6.45, 7) is 6.64. The van der Waals surface area contributed by atoms with Gasteiger partial charge < -0.3 is 4.74 Å². The van der Waals surface area contributed by atoms with E-state index in [-0.39, 0.29) is 5.54 Å². The number of likely N-dealkylation sites (N-methyl/N-ethyl adjacent to an activating group) is 1. The van der Waals surface area contributed by atoms with Crippen molar-refractivity contribution >= 4 is 0 Å². The molecule has 1 aliphatic rings. The van der Waals surface area contributed by atoms with Crippen LogP contribution in [0.25, 0.3) is 0 Å². The summed E-state index contributed by atoms with van der Waals surface area (Å²) >= 11 is 0. The average molecular weight is 157 g/mol. The van der Waals surface area contributed by atoms with Crippen molar-refractivity contribution in [3.8, 4) is 0 Å². The Kier molecular flexibility index (Phi) is 2.55. The van der Waals surface area contributed by atoms with Crippen LogP contribution in [0.3, 0.4) is 0 Å². The Morgan fingerprint density at radius 1 is 1.64 bits per heavy atom. The Labute approximate surface area is 69.5 Å². The number of hydrogen-bond donors (Lipinski definition) is 0. The second-order valence-corrected chi connectivity index (χ2v) is 4.12. The third-order valence-corrected chi connectivity index (χ3v) is 2.75. The van der Waals surface area contributed by atoms with E-state index < -0.39 is 0 Å². The fourth-order valence-electron chi connectivity index (χ4n) is 2.14. The zero-order valence-electron chi connectivity index (χ0n) is 8.05. The Morgan fingerprint density at radius 2 is 2.27 bits per heavy atom. The van der Waals surface area contributed by atoms with Gasteiger partial charge in [-0.25, -0.2) is 0 Å². The SMILES string of the molecule is COC[C@]1(C)C[C@@H](C)CN1C. The minimum Gasteiger partial charge on any atom is -0.383 e. The highest BCUT2D eigenvalue weighted by atomic mass is 16.5. The average Bonchev–Trinajstić information content (AvgIpc) is 2.08.